The Morgan fingerprint density at radius 2 is 2.03 bits per heavy atom. The molecular weight excluding hydrogens is 404 g/mol. The molecule has 1 saturated heterocycles. The van der Waals surface area contributed by atoms with E-state index in [2.05, 4.69) is 37.0 Å². The zero-order valence-corrected chi connectivity index (χ0v) is 18.7. The molecule has 2 aliphatic rings. The minimum Gasteiger partial charge on any atom is -0.364 e. The fraction of sp³-hybridized carbons (Fsp3) is 0.417. The van der Waals surface area contributed by atoms with Gasteiger partial charge in [-0.1, -0.05) is 6.92 Å². The predicted molar refractivity (Wildman–Crippen MR) is 124 cm³/mol. The normalized spacial score (nSPS) is 20.3. The quantitative estimate of drug-likeness (QED) is 0.641. The zero-order chi connectivity index (χ0) is 22.4. The number of aromatic amines is 1. The molecule has 2 fully saturated rings. The number of hydrogen-bond donors (Lipinski definition) is 2. The Kier molecular flexibility index (Phi) is 5.17. The highest BCUT2D eigenvalue weighted by molar-refractivity contribution is 5.92. The van der Waals surface area contributed by atoms with Gasteiger partial charge in [-0.15, -0.1) is 0 Å². The van der Waals surface area contributed by atoms with Gasteiger partial charge >= 0.3 is 0 Å². The topological polar surface area (TPSA) is 94.2 Å². The van der Waals surface area contributed by atoms with Gasteiger partial charge < -0.3 is 15.2 Å². The van der Waals surface area contributed by atoms with Gasteiger partial charge in [-0.3, -0.25) is 19.5 Å². The van der Waals surface area contributed by atoms with Crippen molar-refractivity contribution in [1.82, 2.24) is 25.2 Å². The summed E-state index contributed by atoms with van der Waals surface area (Å²) in [5.41, 5.74) is 6.21. The van der Waals surface area contributed by atoms with Gasteiger partial charge in [0, 0.05) is 50.5 Å². The average molecular weight is 433 g/mol. The van der Waals surface area contributed by atoms with Crippen LogP contribution in [0.2, 0.25) is 0 Å². The number of pyridine rings is 3. The molecule has 32 heavy (non-hydrogen) atoms. The SMILES string of the molecule is CCc1cc2ncc(CN3CCN(c4ccc(C(=O)NC)nc4)[C@@H]4C[C@@H]43)c(C)c2[nH]c1=O. The standard InChI is InChI=1S/C24H28N6O2/c1-4-15-9-19-22(28-23(15)31)14(2)16(11-26-19)13-29-7-8-30(21-10-20(21)29)17-5-6-18(27-12-17)24(32)25-3/h5-6,9,11-12,20-21H,4,7-8,10,13H2,1-3H3,(H,25,32)(H,28,31)/t20-,21+/m0/s1. The summed E-state index contributed by atoms with van der Waals surface area (Å²) in [6.45, 7) is 6.74. The first-order chi connectivity index (χ1) is 15.5. The lowest BCUT2D eigenvalue weighted by Gasteiger charge is -2.35. The van der Waals surface area contributed by atoms with Crippen molar-refractivity contribution in [3.63, 3.8) is 0 Å². The second kappa shape index (κ2) is 8.02. The Morgan fingerprint density at radius 1 is 1.19 bits per heavy atom. The van der Waals surface area contributed by atoms with E-state index in [1.54, 1.807) is 19.3 Å². The highest BCUT2D eigenvalue weighted by atomic mass is 16.1. The Bertz CT molecular complexity index is 1240. The minimum atomic E-state index is -0.169. The number of carbonyl (C=O) groups is 1. The van der Waals surface area contributed by atoms with Crippen LogP contribution in [0.4, 0.5) is 5.69 Å². The van der Waals surface area contributed by atoms with Gasteiger partial charge in [-0.2, -0.15) is 0 Å². The lowest BCUT2D eigenvalue weighted by molar-refractivity contribution is 0.0958. The second-order valence-electron chi connectivity index (χ2n) is 8.66. The van der Waals surface area contributed by atoms with Crippen LogP contribution in [0, 0.1) is 6.92 Å². The number of fused-ring (bicyclic) bond motifs is 2. The van der Waals surface area contributed by atoms with Crippen molar-refractivity contribution in [2.75, 3.05) is 25.0 Å². The molecule has 3 aromatic heterocycles. The van der Waals surface area contributed by atoms with Crippen LogP contribution in [0.15, 0.2) is 35.4 Å². The summed E-state index contributed by atoms with van der Waals surface area (Å²) < 4.78 is 0. The monoisotopic (exact) mass is 432 g/mol. The van der Waals surface area contributed by atoms with E-state index in [1.165, 1.54) is 0 Å². The van der Waals surface area contributed by atoms with Crippen molar-refractivity contribution >= 4 is 22.6 Å². The first-order valence-corrected chi connectivity index (χ1v) is 11.2. The molecule has 4 heterocycles. The third-order valence-corrected chi connectivity index (χ3v) is 6.83. The summed E-state index contributed by atoms with van der Waals surface area (Å²) in [5, 5.41) is 2.60. The van der Waals surface area contributed by atoms with E-state index in [9.17, 15) is 9.59 Å². The van der Waals surface area contributed by atoms with Crippen LogP contribution in [0.1, 0.15) is 40.5 Å². The van der Waals surface area contributed by atoms with Crippen molar-refractivity contribution in [1.29, 1.82) is 0 Å². The van der Waals surface area contributed by atoms with Gasteiger partial charge in [0.1, 0.15) is 5.69 Å². The van der Waals surface area contributed by atoms with Gasteiger partial charge in [-0.05, 0) is 49.1 Å². The zero-order valence-electron chi connectivity index (χ0n) is 18.7. The molecule has 3 aromatic rings. The van der Waals surface area contributed by atoms with Crippen LogP contribution in [0.5, 0.6) is 0 Å². The van der Waals surface area contributed by atoms with Crippen molar-refractivity contribution in [2.45, 2.75) is 45.3 Å². The second-order valence-corrected chi connectivity index (χ2v) is 8.66. The lowest BCUT2D eigenvalue weighted by atomic mass is 10.1. The number of rotatable bonds is 5. The van der Waals surface area contributed by atoms with E-state index in [0.717, 1.165) is 59.5 Å². The molecule has 166 valence electrons. The summed E-state index contributed by atoms with van der Waals surface area (Å²) in [5.74, 6) is -0.169. The summed E-state index contributed by atoms with van der Waals surface area (Å²) in [7, 11) is 1.61. The molecule has 5 rings (SSSR count). The number of amides is 1. The fourth-order valence-corrected chi connectivity index (χ4v) is 4.79. The number of carbonyl (C=O) groups excluding carboxylic acids is 1. The number of aryl methyl sites for hydroxylation is 2. The highest BCUT2D eigenvalue weighted by Crippen LogP contribution is 2.40. The van der Waals surface area contributed by atoms with Crippen molar-refractivity contribution < 1.29 is 4.79 Å². The molecule has 1 saturated carbocycles. The first-order valence-electron chi connectivity index (χ1n) is 11.2. The number of nitrogens with zero attached hydrogens (tertiary/aromatic N) is 4. The minimum absolute atomic E-state index is 0.0195. The maximum Gasteiger partial charge on any atom is 0.269 e. The maximum absolute atomic E-state index is 12.3. The third-order valence-electron chi connectivity index (χ3n) is 6.83. The maximum atomic E-state index is 12.3. The predicted octanol–water partition coefficient (Wildman–Crippen LogP) is 2.01. The molecule has 2 atom stereocenters. The molecule has 0 radical (unpaired) electrons. The Hall–Kier alpha value is -3.26. The van der Waals surface area contributed by atoms with E-state index in [0.29, 0.717) is 24.2 Å². The number of anilines is 1. The molecule has 0 spiro atoms. The Balaban J connectivity index is 1.31. The number of hydrogen-bond acceptors (Lipinski definition) is 6. The van der Waals surface area contributed by atoms with E-state index < -0.39 is 0 Å². The van der Waals surface area contributed by atoms with Crippen LogP contribution in [-0.4, -0.2) is 58.0 Å². The van der Waals surface area contributed by atoms with Crippen molar-refractivity contribution in [3.05, 3.63) is 63.3 Å². The van der Waals surface area contributed by atoms with Crippen LogP contribution < -0.4 is 15.8 Å². The largest absolute Gasteiger partial charge is 0.364 e. The van der Waals surface area contributed by atoms with Gasteiger partial charge in [0.25, 0.3) is 11.5 Å². The summed E-state index contributed by atoms with van der Waals surface area (Å²) in [6.07, 6.45) is 5.58. The number of nitrogens with one attached hydrogen (secondary N) is 2. The number of H-pyrrole nitrogens is 1. The molecule has 1 amide bonds. The average Bonchev–Trinajstić information content (AvgIpc) is 3.62. The van der Waals surface area contributed by atoms with E-state index in [-0.39, 0.29) is 11.5 Å². The Morgan fingerprint density at radius 3 is 2.75 bits per heavy atom. The summed E-state index contributed by atoms with van der Waals surface area (Å²) in [6, 6.07) is 6.65. The molecule has 8 heteroatoms. The number of aromatic nitrogens is 3. The molecule has 0 aromatic carbocycles. The number of piperazine rings is 1. The van der Waals surface area contributed by atoms with Gasteiger partial charge in [0.15, 0.2) is 0 Å². The van der Waals surface area contributed by atoms with Crippen molar-refractivity contribution in [3.8, 4) is 0 Å². The van der Waals surface area contributed by atoms with Gasteiger partial charge in [-0.25, -0.2) is 4.98 Å². The van der Waals surface area contributed by atoms with Gasteiger partial charge in [0.05, 0.1) is 22.9 Å². The summed E-state index contributed by atoms with van der Waals surface area (Å²) >= 11 is 0. The highest BCUT2D eigenvalue weighted by Gasteiger charge is 2.49. The molecular formula is C24H28N6O2. The van der Waals surface area contributed by atoms with Crippen molar-refractivity contribution in [2.24, 2.45) is 0 Å². The van der Waals surface area contributed by atoms with E-state index in [4.69, 9.17) is 0 Å². The van der Waals surface area contributed by atoms with Crippen LogP contribution in [0.25, 0.3) is 11.0 Å². The van der Waals surface area contributed by atoms with Crippen LogP contribution in [0.3, 0.4) is 0 Å². The first kappa shape index (κ1) is 20.6. The molecule has 0 bridgehead atoms. The molecule has 8 nitrogen and oxygen atoms in total. The molecule has 1 aliphatic heterocycles. The molecule has 1 aliphatic carbocycles. The van der Waals surface area contributed by atoms with E-state index in [1.807, 2.05) is 25.3 Å². The fourth-order valence-electron chi connectivity index (χ4n) is 4.79. The summed E-state index contributed by atoms with van der Waals surface area (Å²) in [4.78, 5) is 40.9. The third kappa shape index (κ3) is 3.54. The Labute approximate surface area is 186 Å². The lowest BCUT2D eigenvalue weighted by Crippen LogP contribution is -2.46. The molecule has 0 unspecified atom stereocenters. The molecule has 2 N–H and O–H groups in total. The smallest absolute Gasteiger partial charge is 0.269 e. The van der Waals surface area contributed by atoms with Crippen LogP contribution >= 0.6 is 0 Å². The van der Waals surface area contributed by atoms with Crippen LogP contribution in [-0.2, 0) is 13.0 Å². The van der Waals surface area contributed by atoms with Gasteiger partial charge in [0.2, 0.25) is 0 Å². The van der Waals surface area contributed by atoms with E-state index >= 15 is 0 Å².